The molecule has 0 spiro atoms. The minimum Gasteiger partial charge on any atom is -0.324 e. The van der Waals surface area contributed by atoms with Gasteiger partial charge in [0.15, 0.2) is 0 Å². The summed E-state index contributed by atoms with van der Waals surface area (Å²) in [7, 11) is 0. The highest BCUT2D eigenvalue weighted by Gasteiger charge is 2.19. The van der Waals surface area contributed by atoms with E-state index in [0.29, 0.717) is 6.04 Å². The van der Waals surface area contributed by atoms with Gasteiger partial charge in [-0.3, -0.25) is 0 Å². The number of rotatable bonds is 0. The number of nitrogens with two attached hydrogens (primary N) is 1. The minimum atomic E-state index is 0.374. The van der Waals surface area contributed by atoms with Crippen molar-refractivity contribution in [2.24, 2.45) is 5.73 Å². The van der Waals surface area contributed by atoms with Crippen molar-refractivity contribution in [2.45, 2.75) is 31.7 Å². The van der Waals surface area contributed by atoms with Crippen LogP contribution in [0.3, 0.4) is 0 Å². The topological polar surface area (TPSA) is 26.0 Å². The molecular weight excluding hydrogens is 122 g/mol. The minimum absolute atomic E-state index is 0.374. The molecule has 2 aliphatic carbocycles. The Balaban J connectivity index is 2.28. The fourth-order valence-electron chi connectivity index (χ4n) is 1.89. The molecule has 0 fully saturated rings. The molecule has 1 unspecified atom stereocenters. The van der Waals surface area contributed by atoms with Gasteiger partial charge in [-0.25, -0.2) is 0 Å². The van der Waals surface area contributed by atoms with E-state index in [9.17, 15) is 0 Å². The zero-order chi connectivity index (χ0) is 6.97. The van der Waals surface area contributed by atoms with Crippen molar-refractivity contribution in [1.29, 1.82) is 0 Å². The van der Waals surface area contributed by atoms with Gasteiger partial charge >= 0.3 is 0 Å². The van der Waals surface area contributed by atoms with Crippen LogP contribution in [0.1, 0.15) is 25.7 Å². The van der Waals surface area contributed by atoms with Gasteiger partial charge in [-0.05, 0) is 36.8 Å². The molecule has 0 saturated heterocycles. The van der Waals surface area contributed by atoms with Crippen molar-refractivity contribution in [3.63, 3.8) is 0 Å². The van der Waals surface area contributed by atoms with E-state index in [4.69, 9.17) is 5.73 Å². The van der Waals surface area contributed by atoms with Gasteiger partial charge in [0.05, 0.1) is 0 Å². The Kier molecular flexibility index (Phi) is 1.38. The van der Waals surface area contributed by atoms with E-state index in [1.807, 2.05) is 0 Å². The van der Waals surface area contributed by atoms with Crippen LogP contribution in [0.5, 0.6) is 0 Å². The molecule has 0 heterocycles. The fraction of sp³-hybridized carbons (Fsp3) is 0.556. The summed E-state index contributed by atoms with van der Waals surface area (Å²) in [6.45, 7) is 0. The van der Waals surface area contributed by atoms with Crippen molar-refractivity contribution >= 4 is 0 Å². The first kappa shape index (κ1) is 6.17. The molecule has 0 bridgehead atoms. The summed E-state index contributed by atoms with van der Waals surface area (Å²) in [6, 6.07) is 0.374. The molecule has 0 amide bonds. The van der Waals surface area contributed by atoms with Gasteiger partial charge < -0.3 is 5.73 Å². The second kappa shape index (κ2) is 2.24. The summed E-state index contributed by atoms with van der Waals surface area (Å²) in [4.78, 5) is 0. The first-order valence-corrected chi connectivity index (χ1v) is 4.02. The van der Waals surface area contributed by atoms with Crippen LogP contribution in [0, 0.1) is 0 Å². The normalized spacial score (nSPS) is 31.1. The predicted molar refractivity (Wildman–Crippen MR) is 42.6 cm³/mol. The average Bonchev–Trinajstić information content (AvgIpc) is 2.36. The second-order valence-corrected chi connectivity index (χ2v) is 3.16. The standard InChI is InChI=1S/C9H13N/c10-9-6-2-4-7-3-1-5-8(7)9/h1,3,9H,2,4-6,10H2. The summed E-state index contributed by atoms with van der Waals surface area (Å²) >= 11 is 0. The Hall–Kier alpha value is -0.560. The lowest BCUT2D eigenvalue weighted by atomic mass is 9.90. The first-order chi connectivity index (χ1) is 4.88. The van der Waals surface area contributed by atoms with Crippen molar-refractivity contribution in [1.82, 2.24) is 0 Å². The molecular formula is C9H13N. The fourth-order valence-corrected chi connectivity index (χ4v) is 1.89. The van der Waals surface area contributed by atoms with E-state index in [1.165, 1.54) is 30.4 Å². The highest BCUT2D eigenvalue weighted by molar-refractivity contribution is 5.38. The lowest BCUT2D eigenvalue weighted by molar-refractivity contribution is 0.599. The monoisotopic (exact) mass is 135 g/mol. The molecule has 0 saturated carbocycles. The largest absolute Gasteiger partial charge is 0.324 e. The maximum Gasteiger partial charge on any atom is 0.0262 e. The van der Waals surface area contributed by atoms with E-state index in [1.54, 1.807) is 0 Å². The van der Waals surface area contributed by atoms with E-state index >= 15 is 0 Å². The molecule has 1 nitrogen and oxygen atoms in total. The van der Waals surface area contributed by atoms with E-state index < -0.39 is 0 Å². The number of hydrogen-bond donors (Lipinski definition) is 1. The highest BCUT2D eigenvalue weighted by atomic mass is 14.6. The molecule has 0 aromatic carbocycles. The Morgan fingerprint density at radius 2 is 2.40 bits per heavy atom. The Morgan fingerprint density at radius 3 is 3.20 bits per heavy atom. The van der Waals surface area contributed by atoms with Crippen molar-refractivity contribution in [3.8, 4) is 0 Å². The predicted octanol–water partition coefficient (Wildman–Crippen LogP) is 1.75. The third-order valence-electron chi connectivity index (χ3n) is 2.48. The summed E-state index contributed by atoms with van der Waals surface area (Å²) in [5.41, 5.74) is 8.95. The average molecular weight is 135 g/mol. The van der Waals surface area contributed by atoms with Gasteiger partial charge in [0.1, 0.15) is 0 Å². The van der Waals surface area contributed by atoms with Crippen LogP contribution >= 0.6 is 0 Å². The molecule has 1 heteroatoms. The summed E-state index contributed by atoms with van der Waals surface area (Å²) in [6.07, 6.45) is 9.34. The Bertz CT molecular complexity index is 201. The molecule has 54 valence electrons. The SMILES string of the molecule is NC1CCCC2=C1CC=C2. The summed E-state index contributed by atoms with van der Waals surface area (Å²) in [5.74, 6) is 0. The first-order valence-electron chi connectivity index (χ1n) is 4.02. The Labute approximate surface area is 61.6 Å². The molecule has 2 aliphatic rings. The van der Waals surface area contributed by atoms with Gasteiger partial charge in [0.25, 0.3) is 0 Å². The lowest BCUT2D eigenvalue weighted by Gasteiger charge is -2.20. The second-order valence-electron chi connectivity index (χ2n) is 3.16. The van der Waals surface area contributed by atoms with E-state index in [-0.39, 0.29) is 0 Å². The summed E-state index contributed by atoms with van der Waals surface area (Å²) < 4.78 is 0. The van der Waals surface area contributed by atoms with E-state index in [0.717, 1.165) is 6.42 Å². The maximum absolute atomic E-state index is 5.92. The zero-order valence-electron chi connectivity index (χ0n) is 6.14. The number of allylic oxidation sites excluding steroid dienone is 3. The van der Waals surface area contributed by atoms with Crippen molar-refractivity contribution in [3.05, 3.63) is 23.3 Å². The van der Waals surface area contributed by atoms with Crippen LogP contribution in [-0.4, -0.2) is 6.04 Å². The molecule has 2 N–H and O–H groups in total. The molecule has 0 radical (unpaired) electrons. The molecule has 0 aromatic rings. The van der Waals surface area contributed by atoms with Gasteiger partial charge in [-0.1, -0.05) is 12.2 Å². The summed E-state index contributed by atoms with van der Waals surface area (Å²) in [5, 5.41) is 0. The van der Waals surface area contributed by atoms with Gasteiger partial charge in [0, 0.05) is 6.04 Å². The third-order valence-corrected chi connectivity index (χ3v) is 2.48. The Morgan fingerprint density at radius 1 is 1.50 bits per heavy atom. The van der Waals surface area contributed by atoms with Crippen LogP contribution in [0.4, 0.5) is 0 Å². The van der Waals surface area contributed by atoms with Gasteiger partial charge in [-0.2, -0.15) is 0 Å². The third kappa shape index (κ3) is 0.816. The van der Waals surface area contributed by atoms with Crippen LogP contribution in [0.25, 0.3) is 0 Å². The quantitative estimate of drug-likeness (QED) is 0.538. The van der Waals surface area contributed by atoms with Crippen LogP contribution < -0.4 is 5.73 Å². The molecule has 2 rings (SSSR count). The van der Waals surface area contributed by atoms with Crippen LogP contribution in [-0.2, 0) is 0 Å². The number of hydrogen-bond acceptors (Lipinski definition) is 1. The lowest BCUT2D eigenvalue weighted by Crippen LogP contribution is -2.25. The van der Waals surface area contributed by atoms with Crippen molar-refractivity contribution < 1.29 is 0 Å². The zero-order valence-corrected chi connectivity index (χ0v) is 6.14. The van der Waals surface area contributed by atoms with Crippen LogP contribution in [0.2, 0.25) is 0 Å². The molecule has 0 aliphatic heterocycles. The van der Waals surface area contributed by atoms with Gasteiger partial charge in [0.2, 0.25) is 0 Å². The van der Waals surface area contributed by atoms with E-state index in [2.05, 4.69) is 12.2 Å². The van der Waals surface area contributed by atoms with Crippen molar-refractivity contribution in [2.75, 3.05) is 0 Å². The van der Waals surface area contributed by atoms with Gasteiger partial charge in [-0.15, -0.1) is 0 Å². The highest BCUT2D eigenvalue weighted by Crippen LogP contribution is 2.31. The maximum atomic E-state index is 5.92. The molecule has 10 heavy (non-hydrogen) atoms. The molecule has 0 aromatic heterocycles. The smallest absolute Gasteiger partial charge is 0.0262 e. The molecule has 1 atom stereocenters. The van der Waals surface area contributed by atoms with Crippen LogP contribution in [0.15, 0.2) is 23.3 Å².